The number of rotatable bonds is 8. The van der Waals surface area contributed by atoms with Crippen LogP contribution in [0.5, 0.6) is 5.88 Å². The number of hydrogen-bond donors (Lipinski definition) is 2. The summed E-state index contributed by atoms with van der Waals surface area (Å²) in [4.78, 5) is 28.0. The predicted molar refractivity (Wildman–Crippen MR) is 106 cm³/mol. The molecule has 0 bridgehead atoms. The molecule has 0 aliphatic rings. The fraction of sp³-hybridized carbons (Fsp3) is 0.136. The summed E-state index contributed by atoms with van der Waals surface area (Å²) in [5.41, 5.74) is 1.57. The van der Waals surface area contributed by atoms with Gasteiger partial charge in [-0.25, -0.2) is 13.8 Å². The Morgan fingerprint density at radius 2 is 1.63 bits per heavy atom. The highest BCUT2D eigenvalue weighted by Gasteiger charge is 2.11. The molecule has 0 saturated heterocycles. The Morgan fingerprint density at radius 3 is 2.37 bits per heavy atom. The highest BCUT2D eigenvalue weighted by Crippen LogP contribution is 2.12. The summed E-state index contributed by atoms with van der Waals surface area (Å²) in [7, 11) is 0. The smallest absolute Gasteiger partial charge is 0.251 e. The molecule has 3 rings (SSSR count). The lowest BCUT2D eigenvalue weighted by Gasteiger charge is -2.09. The molecule has 0 atom stereocenters. The van der Waals surface area contributed by atoms with Crippen molar-refractivity contribution in [3.8, 4) is 5.88 Å². The molecule has 0 aliphatic carbocycles. The summed E-state index contributed by atoms with van der Waals surface area (Å²) in [6.45, 7) is 0.239. The SMILES string of the molecule is O=C(CNC(=O)c1cc(F)cc(F)c1)NCc1ccnc(OCc2ccccc2)c1. The fourth-order valence-corrected chi connectivity index (χ4v) is 2.58. The quantitative estimate of drug-likeness (QED) is 0.597. The van der Waals surface area contributed by atoms with Crippen molar-refractivity contribution in [1.29, 1.82) is 0 Å². The Kier molecular flexibility index (Phi) is 7.05. The van der Waals surface area contributed by atoms with Crippen molar-refractivity contribution in [1.82, 2.24) is 15.6 Å². The van der Waals surface area contributed by atoms with Crippen LogP contribution in [0.2, 0.25) is 0 Å². The van der Waals surface area contributed by atoms with Gasteiger partial charge in [-0.1, -0.05) is 30.3 Å². The molecule has 154 valence electrons. The van der Waals surface area contributed by atoms with E-state index >= 15 is 0 Å². The van der Waals surface area contributed by atoms with Gasteiger partial charge < -0.3 is 15.4 Å². The Balaban J connectivity index is 1.45. The van der Waals surface area contributed by atoms with Gasteiger partial charge in [0.2, 0.25) is 11.8 Å². The third kappa shape index (κ3) is 6.37. The van der Waals surface area contributed by atoms with Crippen LogP contribution in [0.25, 0.3) is 0 Å². The van der Waals surface area contributed by atoms with Gasteiger partial charge in [0.25, 0.3) is 5.91 Å². The van der Waals surface area contributed by atoms with Gasteiger partial charge in [0.05, 0.1) is 6.54 Å². The van der Waals surface area contributed by atoms with Crippen LogP contribution in [-0.4, -0.2) is 23.3 Å². The Morgan fingerprint density at radius 1 is 0.900 bits per heavy atom. The maximum absolute atomic E-state index is 13.2. The maximum atomic E-state index is 13.2. The van der Waals surface area contributed by atoms with E-state index in [4.69, 9.17) is 4.74 Å². The van der Waals surface area contributed by atoms with Gasteiger partial charge in [-0.05, 0) is 29.3 Å². The summed E-state index contributed by atoms with van der Waals surface area (Å²) < 4.78 is 32.0. The van der Waals surface area contributed by atoms with E-state index in [0.29, 0.717) is 18.6 Å². The van der Waals surface area contributed by atoms with E-state index in [9.17, 15) is 18.4 Å². The molecule has 2 N–H and O–H groups in total. The zero-order chi connectivity index (χ0) is 21.3. The lowest BCUT2D eigenvalue weighted by Crippen LogP contribution is -2.36. The van der Waals surface area contributed by atoms with E-state index in [-0.39, 0.29) is 18.7 Å². The van der Waals surface area contributed by atoms with Crippen molar-refractivity contribution in [2.24, 2.45) is 0 Å². The number of pyridine rings is 1. The highest BCUT2D eigenvalue weighted by molar-refractivity contribution is 5.96. The summed E-state index contributed by atoms with van der Waals surface area (Å²) in [5.74, 6) is -2.51. The van der Waals surface area contributed by atoms with E-state index in [2.05, 4.69) is 15.6 Å². The number of carbonyl (C=O) groups excluding carboxylic acids is 2. The van der Waals surface area contributed by atoms with Crippen LogP contribution >= 0.6 is 0 Å². The van der Waals surface area contributed by atoms with E-state index < -0.39 is 23.4 Å². The summed E-state index contributed by atoms with van der Waals surface area (Å²) >= 11 is 0. The summed E-state index contributed by atoms with van der Waals surface area (Å²) in [5, 5.41) is 4.96. The second-order valence-electron chi connectivity index (χ2n) is 6.39. The molecule has 6 nitrogen and oxygen atoms in total. The summed E-state index contributed by atoms with van der Waals surface area (Å²) in [6.07, 6.45) is 1.57. The van der Waals surface area contributed by atoms with Crippen LogP contribution in [0.1, 0.15) is 21.5 Å². The van der Waals surface area contributed by atoms with Gasteiger partial charge in [-0.2, -0.15) is 0 Å². The third-order valence-electron chi connectivity index (χ3n) is 4.05. The number of ether oxygens (including phenoxy) is 1. The van der Waals surface area contributed by atoms with E-state index in [1.54, 1.807) is 18.3 Å². The molecular formula is C22H19F2N3O3. The van der Waals surface area contributed by atoms with Crippen LogP contribution in [0.4, 0.5) is 8.78 Å². The largest absolute Gasteiger partial charge is 0.473 e. The molecule has 0 radical (unpaired) electrons. The summed E-state index contributed by atoms with van der Waals surface area (Å²) in [6, 6.07) is 15.5. The molecule has 2 amide bonds. The molecule has 0 spiro atoms. The minimum Gasteiger partial charge on any atom is -0.473 e. The molecule has 3 aromatic rings. The first kappa shape index (κ1) is 20.9. The van der Waals surface area contributed by atoms with E-state index in [1.807, 2.05) is 30.3 Å². The second kappa shape index (κ2) is 10.1. The van der Waals surface area contributed by atoms with Crippen molar-refractivity contribution in [2.75, 3.05) is 6.54 Å². The van der Waals surface area contributed by atoms with Crippen LogP contribution in [0, 0.1) is 11.6 Å². The molecule has 0 aliphatic heterocycles. The van der Waals surface area contributed by atoms with Crippen LogP contribution in [0.3, 0.4) is 0 Å². The third-order valence-corrected chi connectivity index (χ3v) is 4.05. The molecule has 0 saturated carbocycles. The van der Waals surface area contributed by atoms with Crippen molar-refractivity contribution in [3.05, 3.63) is 95.2 Å². The molecule has 8 heteroatoms. The Labute approximate surface area is 171 Å². The van der Waals surface area contributed by atoms with Crippen LogP contribution in [0.15, 0.2) is 66.9 Å². The molecule has 1 aromatic heterocycles. The number of benzene rings is 2. The first-order valence-corrected chi connectivity index (χ1v) is 9.12. The first-order valence-electron chi connectivity index (χ1n) is 9.12. The molecule has 1 heterocycles. The average molecular weight is 411 g/mol. The number of nitrogens with one attached hydrogen (secondary N) is 2. The molecule has 0 unspecified atom stereocenters. The second-order valence-corrected chi connectivity index (χ2v) is 6.39. The zero-order valence-corrected chi connectivity index (χ0v) is 15.9. The number of nitrogens with zero attached hydrogens (tertiary/aromatic N) is 1. The molecular weight excluding hydrogens is 392 g/mol. The lowest BCUT2D eigenvalue weighted by molar-refractivity contribution is -0.120. The fourth-order valence-electron chi connectivity index (χ4n) is 2.58. The zero-order valence-electron chi connectivity index (χ0n) is 15.9. The van der Waals surface area contributed by atoms with E-state index in [1.165, 1.54) is 0 Å². The van der Waals surface area contributed by atoms with Gasteiger partial charge >= 0.3 is 0 Å². The minimum atomic E-state index is -0.868. The standard InChI is InChI=1S/C22H19F2N3O3/c23-18-9-17(10-19(24)11-18)22(29)27-13-20(28)26-12-16-6-7-25-21(8-16)30-14-15-4-2-1-3-5-15/h1-11H,12-14H2,(H,26,28)(H,27,29). The topological polar surface area (TPSA) is 80.3 Å². The van der Waals surface area contributed by atoms with Crippen molar-refractivity contribution in [2.45, 2.75) is 13.2 Å². The number of aromatic nitrogens is 1. The molecule has 2 aromatic carbocycles. The van der Waals surface area contributed by atoms with Gasteiger partial charge in [-0.3, -0.25) is 9.59 Å². The number of hydrogen-bond acceptors (Lipinski definition) is 4. The van der Waals surface area contributed by atoms with Gasteiger partial charge in [0, 0.05) is 30.4 Å². The van der Waals surface area contributed by atoms with Gasteiger partial charge in [0.15, 0.2) is 0 Å². The van der Waals surface area contributed by atoms with Crippen molar-refractivity contribution < 1.29 is 23.1 Å². The van der Waals surface area contributed by atoms with Gasteiger partial charge in [-0.15, -0.1) is 0 Å². The predicted octanol–water partition coefficient (Wildman–Crippen LogP) is 2.99. The monoisotopic (exact) mass is 411 g/mol. The number of amides is 2. The van der Waals surface area contributed by atoms with E-state index in [0.717, 1.165) is 23.3 Å². The van der Waals surface area contributed by atoms with Gasteiger partial charge in [0.1, 0.15) is 18.2 Å². The Hall–Kier alpha value is -3.81. The van der Waals surface area contributed by atoms with Crippen molar-refractivity contribution in [3.63, 3.8) is 0 Å². The van der Waals surface area contributed by atoms with Crippen molar-refractivity contribution >= 4 is 11.8 Å². The molecule has 30 heavy (non-hydrogen) atoms. The minimum absolute atomic E-state index is 0.199. The lowest BCUT2D eigenvalue weighted by atomic mass is 10.2. The molecule has 0 fully saturated rings. The van der Waals surface area contributed by atoms with Crippen LogP contribution in [-0.2, 0) is 17.9 Å². The maximum Gasteiger partial charge on any atom is 0.251 e. The average Bonchev–Trinajstić information content (AvgIpc) is 2.75. The normalized spacial score (nSPS) is 10.3. The number of halogens is 2. The highest BCUT2D eigenvalue weighted by atomic mass is 19.1. The Bertz CT molecular complexity index is 1010. The van der Waals surface area contributed by atoms with Crippen LogP contribution < -0.4 is 15.4 Å². The first-order chi connectivity index (χ1) is 14.5. The number of carbonyl (C=O) groups is 2.